The lowest BCUT2D eigenvalue weighted by Gasteiger charge is -2.15. The highest BCUT2D eigenvalue weighted by atomic mass is 16.2. The molecule has 2 unspecified atom stereocenters. The van der Waals surface area contributed by atoms with E-state index < -0.39 is 0 Å². The number of hydrogen-bond acceptors (Lipinski definition) is 2. The average Bonchev–Trinajstić information content (AvgIpc) is 2.51. The van der Waals surface area contributed by atoms with E-state index in [1.165, 1.54) is 5.56 Å². The number of anilines is 1. The van der Waals surface area contributed by atoms with Gasteiger partial charge in [-0.3, -0.25) is 4.79 Å². The monoisotopic (exact) mass is 232 g/mol. The van der Waals surface area contributed by atoms with Gasteiger partial charge in [-0.1, -0.05) is 12.1 Å². The first-order valence-electron chi connectivity index (χ1n) is 6.24. The molecule has 1 aliphatic rings. The van der Waals surface area contributed by atoms with Crippen molar-refractivity contribution in [1.82, 2.24) is 0 Å². The lowest BCUT2D eigenvalue weighted by Crippen LogP contribution is -2.27. The van der Waals surface area contributed by atoms with Crippen LogP contribution in [-0.2, 0) is 11.2 Å². The molecule has 1 aromatic rings. The quantitative estimate of drug-likeness (QED) is 0.867. The summed E-state index contributed by atoms with van der Waals surface area (Å²) in [5.74, 6) is 0.193. The van der Waals surface area contributed by atoms with Crippen molar-refractivity contribution < 1.29 is 4.79 Å². The number of nitrogens with two attached hydrogens (primary N) is 1. The van der Waals surface area contributed by atoms with Gasteiger partial charge in [0, 0.05) is 18.3 Å². The van der Waals surface area contributed by atoms with Crippen molar-refractivity contribution in [2.75, 3.05) is 11.4 Å². The fraction of sp³-hybridized carbons (Fsp3) is 0.500. The number of likely N-dealkylation sites (N-methyl/N-ethyl adjacent to an activating group) is 1. The summed E-state index contributed by atoms with van der Waals surface area (Å²) in [5.41, 5.74) is 9.24. The molecule has 0 spiro atoms. The van der Waals surface area contributed by atoms with Crippen molar-refractivity contribution in [3.8, 4) is 0 Å². The summed E-state index contributed by atoms with van der Waals surface area (Å²) >= 11 is 0. The van der Waals surface area contributed by atoms with Crippen LogP contribution in [0.2, 0.25) is 0 Å². The van der Waals surface area contributed by atoms with Crippen LogP contribution in [-0.4, -0.2) is 18.5 Å². The third-order valence-corrected chi connectivity index (χ3v) is 3.36. The number of rotatable bonds is 3. The molecule has 0 aliphatic carbocycles. The van der Waals surface area contributed by atoms with Gasteiger partial charge >= 0.3 is 0 Å². The van der Waals surface area contributed by atoms with Gasteiger partial charge in [-0.2, -0.15) is 0 Å². The van der Waals surface area contributed by atoms with Gasteiger partial charge in [-0.05, 0) is 44.4 Å². The Kier molecular flexibility index (Phi) is 3.20. The average molecular weight is 232 g/mol. The van der Waals surface area contributed by atoms with Gasteiger partial charge in [0.2, 0.25) is 5.91 Å². The molecule has 0 saturated heterocycles. The molecule has 3 nitrogen and oxygen atoms in total. The Hall–Kier alpha value is -1.35. The Morgan fingerprint density at radius 3 is 2.76 bits per heavy atom. The van der Waals surface area contributed by atoms with Gasteiger partial charge < -0.3 is 10.6 Å². The number of nitrogens with zero attached hydrogens (tertiary/aromatic N) is 1. The van der Waals surface area contributed by atoms with E-state index in [0.29, 0.717) is 0 Å². The van der Waals surface area contributed by atoms with E-state index in [1.54, 1.807) is 0 Å². The van der Waals surface area contributed by atoms with Crippen LogP contribution in [0, 0.1) is 0 Å². The van der Waals surface area contributed by atoms with Crippen LogP contribution in [0.4, 0.5) is 5.69 Å². The van der Waals surface area contributed by atoms with Gasteiger partial charge in [-0.25, -0.2) is 0 Å². The molecular weight excluding hydrogens is 212 g/mol. The van der Waals surface area contributed by atoms with Crippen LogP contribution in [0.5, 0.6) is 0 Å². The zero-order valence-electron chi connectivity index (χ0n) is 10.7. The Labute approximate surface area is 103 Å². The molecule has 2 rings (SSSR count). The van der Waals surface area contributed by atoms with E-state index in [9.17, 15) is 4.79 Å². The van der Waals surface area contributed by atoms with Crippen molar-refractivity contribution in [1.29, 1.82) is 0 Å². The van der Waals surface area contributed by atoms with Crippen LogP contribution >= 0.6 is 0 Å². The summed E-state index contributed by atoms with van der Waals surface area (Å²) in [6.45, 7) is 6.73. The van der Waals surface area contributed by atoms with Gasteiger partial charge in [0.05, 0.1) is 5.92 Å². The summed E-state index contributed by atoms with van der Waals surface area (Å²) in [5, 5.41) is 0. The van der Waals surface area contributed by atoms with Crippen LogP contribution in [0.25, 0.3) is 0 Å². The molecule has 0 saturated carbocycles. The van der Waals surface area contributed by atoms with E-state index in [0.717, 1.165) is 24.2 Å². The summed E-state index contributed by atoms with van der Waals surface area (Å²) in [4.78, 5) is 13.9. The third-order valence-electron chi connectivity index (χ3n) is 3.36. The Bertz CT molecular complexity index is 440. The molecule has 92 valence electrons. The highest BCUT2D eigenvalue weighted by Crippen LogP contribution is 2.37. The fourth-order valence-corrected chi connectivity index (χ4v) is 2.51. The molecule has 0 aromatic heterocycles. The maximum atomic E-state index is 12.0. The van der Waals surface area contributed by atoms with Crippen LogP contribution < -0.4 is 10.6 Å². The molecule has 0 radical (unpaired) electrons. The molecule has 1 amide bonds. The molecule has 3 heteroatoms. The lowest BCUT2D eigenvalue weighted by atomic mass is 9.98. The first-order chi connectivity index (χ1) is 8.04. The van der Waals surface area contributed by atoms with Crippen LogP contribution in [0.3, 0.4) is 0 Å². The van der Waals surface area contributed by atoms with E-state index in [2.05, 4.69) is 18.2 Å². The zero-order chi connectivity index (χ0) is 12.6. The van der Waals surface area contributed by atoms with Crippen molar-refractivity contribution in [3.63, 3.8) is 0 Å². The van der Waals surface area contributed by atoms with Crippen molar-refractivity contribution in [2.45, 2.75) is 39.2 Å². The summed E-state index contributed by atoms with van der Waals surface area (Å²) < 4.78 is 0. The largest absolute Gasteiger partial charge is 0.328 e. The molecule has 1 heterocycles. The second kappa shape index (κ2) is 4.49. The number of benzene rings is 1. The number of carbonyl (C=O) groups excluding carboxylic acids is 1. The summed E-state index contributed by atoms with van der Waals surface area (Å²) in [6, 6.07) is 6.42. The SMILES string of the molecule is CCN1C(=O)C(C)c2cc(CC(C)N)ccc21. The Morgan fingerprint density at radius 2 is 2.18 bits per heavy atom. The van der Waals surface area contributed by atoms with Crippen molar-refractivity contribution in [3.05, 3.63) is 29.3 Å². The molecule has 2 N–H and O–H groups in total. The summed E-state index contributed by atoms with van der Waals surface area (Å²) in [6.07, 6.45) is 0.861. The fourth-order valence-electron chi connectivity index (χ4n) is 2.51. The van der Waals surface area contributed by atoms with E-state index in [4.69, 9.17) is 5.73 Å². The molecular formula is C14H20N2O. The van der Waals surface area contributed by atoms with Gasteiger partial charge in [0.1, 0.15) is 0 Å². The molecule has 17 heavy (non-hydrogen) atoms. The minimum Gasteiger partial charge on any atom is -0.328 e. The Morgan fingerprint density at radius 1 is 1.47 bits per heavy atom. The van der Waals surface area contributed by atoms with Crippen molar-refractivity contribution >= 4 is 11.6 Å². The van der Waals surface area contributed by atoms with E-state index >= 15 is 0 Å². The normalized spacial score (nSPS) is 20.6. The van der Waals surface area contributed by atoms with E-state index in [-0.39, 0.29) is 17.9 Å². The van der Waals surface area contributed by atoms with Gasteiger partial charge in [-0.15, -0.1) is 0 Å². The number of carbonyl (C=O) groups is 1. The van der Waals surface area contributed by atoms with Gasteiger partial charge in [0.25, 0.3) is 0 Å². The van der Waals surface area contributed by atoms with Crippen LogP contribution in [0.1, 0.15) is 37.8 Å². The minimum absolute atomic E-state index is 0.0158. The maximum Gasteiger partial charge on any atom is 0.234 e. The Balaban J connectivity index is 2.37. The van der Waals surface area contributed by atoms with Crippen molar-refractivity contribution in [2.24, 2.45) is 5.73 Å². The third kappa shape index (κ3) is 2.07. The molecule has 0 bridgehead atoms. The van der Waals surface area contributed by atoms with E-state index in [1.807, 2.05) is 25.7 Å². The molecule has 2 atom stereocenters. The summed E-state index contributed by atoms with van der Waals surface area (Å²) in [7, 11) is 0. The molecule has 1 aromatic carbocycles. The highest BCUT2D eigenvalue weighted by Gasteiger charge is 2.33. The second-order valence-corrected chi connectivity index (χ2v) is 4.88. The predicted molar refractivity (Wildman–Crippen MR) is 70.2 cm³/mol. The topological polar surface area (TPSA) is 46.3 Å². The van der Waals surface area contributed by atoms with Crippen LogP contribution in [0.15, 0.2) is 18.2 Å². The zero-order valence-corrected chi connectivity index (χ0v) is 10.7. The molecule has 1 aliphatic heterocycles. The second-order valence-electron chi connectivity index (χ2n) is 4.88. The molecule has 0 fully saturated rings. The number of fused-ring (bicyclic) bond motifs is 1. The lowest BCUT2D eigenvalue weighted by molar-refractivity contribution is -0.118. The number of amides is 1. The first kappa shape index (κ1) is 12.1. The predicted octanol–water partition coefficient (Wildman–Crippen LogP) is 2.05. The van der Waals surface area contributed by atoms with Gasteiger partial charge in [0.15, 0.2) is 0 Å². The minimum atomic E-state index is -0.0158. The standard InChI is InChI=1S/C14H20N2O/c1-4-16-13-6-5-11(7-9(2)15)8-12(13)10(3)14(16)17/h5-6,8-10H,4,7,15H2,1-3H3. The smallest absolute Gasteiger partial charge is 0.234 e. The number of hydrogen-bond donors (Lipinski definition) is 1. The maximum absolute atomic E-state index is 12.0. The first-order valence-corrected chi connectivity index (χ1v) is 6.24. The highest BCUT2D eigenvalue weighted by molar-refractivity contribution is 6.04.